The first-order valence-electron chi connectivity index (χ1n) is 16.5. The number of fused-ring (bicyclic) bond motifs is 7. The van der Waals surface area contributed by atoms with Crippen molar-refractivity contribution in [3.8, 4) is 0 Å². The number of hydrogen-bond donors (Lipinski definition) is 1. The Bertz CT molecular complexity index is 1220. The van der Waals surface area contributed by atoms with Crippen molar-refractivity contribution in [1.29, 1.82) is 0 Å². The van der Waals surface area contributed by atoms with Gasteiger partial charge in [0.1, 0.15) is 11.5 Å². The lowest BCUT2D eigenvalue weighted by Crippen LogP contribution is -2.74. The third-order valence-electron chi connectivity index (χ3n) is 14.8. The lowest BCUT2D eigenvalue weighted by molar-refractivity contribution is -0.402. The highest BCUT2D eigenvalue weighted by molar-refractivity contribution is 5.84. The van der Waals surface area contributed by atoms with Crippen LogP contribution in [0.4, 0.5) is 0 Å². The van der Waals surface area contributed by atoms with Crippen molar-refractivity contribution < 1.29 is 28.9 Å². The normalized spacial score (nSPS) is 50.3. The van der Waals surface area contributed by atoms with Crippen LogP contribution in [0.25, 0.3) is 0 Å². The highest BCUT2D eigenvalue weighted by Crippen LogP contribution is 2.78. The molecule has 2 heterocycles. The van der Waals surface area contributed by atoms with E-state index in [2.05, 4.69) is 47.6 Å². The van der Waals surface area contributed by atoms with Gasteiger partial charge in [0, 0.05) is 36.4 Å². The number of esters is 1. The van der Waals surface area contributed by atoms with Crippen LogP contribution >= 0.6 is 0 Å². The Hall–Kier alpha value is -1.66. The smallest absolute Gasteiger partial charge is 0.330 e. The highest BCUT2D eigenvalue weighted by atomic mass is 16.7. The Kier molecular flexibility index (Phi) is 6.81. The molecule has 5 aliphatic carbocycles. The summed E-state index contributed by atoms with van der Waals surface area (Å²) in [6.07, 6.45) is 10.6. The molecule has 0 amide bonds. The molecule has 0 aromatic rings. The van der Waals surface area contributed by atoms with Crippen LogP contribution in [0, 0.1) is 56.7 Å². The van der Waals surface area contributed by atoms with Gasteiger partial charge in [-0.2, -0.15) is 0 Å². The Balaban J connectivity index is 1.44. The fourth-order valence-electron chi connectivity index (χ4n) is 12.3. The molecule has 11 atom stereocenters. The Morgan fingerprint density at radius 2 is 1.74 bits per heavy atom. The first-order valence-corrected chi connectivity index (χ1v) is 16.5. The zero-order chi connectivity index (χ0) is 30.7. The highest BCUT2D eigenvalue weighted by Gasteiger charge is 2.75. The molecule has 0 aromatic heterocycles. The second-order valence-corrected chi connectivity index (χ2v) is 16.5. The largest absolute Gasteiger partial charge is 0.481 e. The van der Waals surface area contributed by atoms with Crippen molar-refractivity contribution in [3.05, 3.63) is 23.3 Å². The van der Waals surface area contributed by atoms with Crippen molar-refractivity contribution in [3.63, 3.8) is 0 Å². The van der Waals surface area contributed by atoms with Gasteiger partial charge in [-0.1, -0.05) is 58.8 Å². The summed E-state index contributed by atoms with van der Waals surface area (Å²) in [7, 11) is 1.82. The summed E-state index contributed by atoms with van der Waals surface area (Å²) < 4.78 is 19.0. The third kappa shape index (κ3) is 3.51. The van der Waals surface area contributed by atoms with Gasteiger partial charge in [-0.15, -0.1) is 0 Å². The average Bonchev–Trinajstić information content (AvgIpc) is 2.91. The molecule has 0 radical (unpaired) electrons. The maximum Gasteiger partial charge on any atom is 0.330 e. The van der Waals surface area contributed by atoms with E-state index in [4.69, 9.17) is 14.2 Å². The number of ether oxygens (including phenoxy) is 3. The molecular weight excluding hydrogens is 528 g/mol. The standard InChI is InChI=1S/C36H54O6/c1-21(2)18-28(37)42-27-19-22(3)23(4)29-24-10-11-26-33(8,32(24,7)14-16-35(27,29)30(38)39)13-12-25-31(5,6)36(40-9)17-15-34(25,26)20-41-36/h10,18,22-23,25-27,29H,11-17,19-20H2,1-9H3,(H,38,39)/t22-,23-,25-,26-,27-,29+,32-,33+,34+,35-,36?/m1/s1. The molecule has 7 aliphatic rings. The van der Waals surface area contributed by atoms with Crippen LogP contribution in [-0.2, 0) is 23.8 Å². The summed E-state index contributed by atoms with van der Waals surface area (Å²) in [5.41, 5.74) is 1.07. The zero-order valence-corrected chi connectivity index (χ0v) is 27.5. The molecule has 1 N–H and O–H groups in total. The molecule has 2 bridgehead atoms. The molecule has 0 aromatic carbocycles. The van der Waals surface area contributed by atoms with Gasteiger partial charge in [0.25, 0.3) is 0 Å². The molecule has 234 valence electrons. The SMILES string of the molecule is COC12CC[C@]3(CO1)[C@H](CC[C@@]1(C)[C@H]3CC=C3[C@@H]4[C@H](C)[C@H](C)C[C@@H](OC(=O)C=C(C)C)[C@]4(C(=O)O)CC[C@]31C)C2(C)C. The van der Waals surface area contributed by atoms with Crippen LogP contribution in [-0.4, -0.2) is 42.7 Å². The van der Waals surface area contributed by atoms with E-state index in [1.54, 1.807) is 0 Å². The molecule has 42 heavy (non-hydrogen) atoms. The predicted molar refractivity (Wildman–Crippen MR) is 161 cm³/mol. The first-order chi connectivity index (χ1) is 19.6. The predicted octanol–water partition coefficient (Wildman–Crippen LogP) is 7.57. The quantitative estimate of drug-likeness (QED) is 0.209. The number of carbonyl (C=O) groups excluding carboxylic acids is 1. The zero-order valence-electron chi connectivity index (χ0n) is 27.5. The van der Waals surface area contributed by atoms with Crippen molar-refractivity contribution in [2.24, 2.45) is 56.7 Å². The second-order valence-electron chi connectivity index (χ2n) is 16.5. The van der Waals surface area contributed by atoms with Gasteiger partial charge < -0.3 is 19.3 Å². The van der Waals surface area contributed by atoms with Crippen molar-refractivity contribution in [2.45, 2.75) is 119 Å². The topological polar surface area (TPSA) is 82.1 Å². The van der Waals surface area contributed by atoms with E-state index in [1.807, 2.05) is 21.0 Å². The van der Waals surface area contributed by atoms with Gasteiger partial charge in [-0.3, -0.25) is 4.79 Å². The third-order valence-corrected chi connectivity index (χ3v) is 14.8. The van der Waals surface area contributed by atoms with Gasteiger partial charge >= 0.3 is 11.9 Å². The maximum atomic E-state index is 13.5. The molecule has 6 heteroatoms. The van der Waals surface area contributed by atoms with E-state index in [0.717, 1.165) is 50.7 Å². The van der Waals surface area contributed by atoms with Crippen molar-refractivity contribution >= 4 is 11.9 Å². The molecule has 1 spiro atoms. The van der Waals surface area contributed by atoms with E-state index in [9.17, 15) is 14.7 Å². The fraction of sp³-hybridized carbons (Fsp3) is 0.833. The summed E-state index contributed by atoms with van der Waals surface area (Å²) in [6, 6.07) is 0. The number of methoxy groups -OCH3 is 1. The number of carboxylic acid groups (broad SMARTS) is 1. The summed E-state index contributed by atoms with van der Waals surface area (Å²) in [5.74, 6) is -0.404. The van der Waals surface area contributed by atoms with Crippen molar-refractivity contribution in [1.82, 2.24) is 0 Å². The van der Waals surface area contributed by atoms with E-state index < -0.39 is 29.2 Å². The number of aliphatic carboxylic acids is 1. The number of hydrogen-bond acceptors (Lipinski definition) is 5. The summed E-state index contributed by atoms with van der Waals surface area (Å²) in [5, 5.41) is 11.0. The number of rotatable bonds is 4. The molecular formula is C36H54O6. The molecule has 1 unspecified atom stereocenters. The molecule has 7 rings (SSSR count). The van der Waals surface area contributed by atoms with Gasteiger partial charge in [-0.05, 0) is 93.3 Å². The molecule has 6 nitrogen and oxygen atoms in total. The lowest BCUT2D eigenvalue weighted by Gasteiger charge is -2.75. The Labute approximate surface area is 253 Å². The van der Waals surface area contributed by atoms with E-state index in [0.29, 0.717) is 24.7 Å². The number of carboxylic acids is 1. The minimum absolute atomic E-state index is 0.0384. The van der Waals surface area contributed by atoms with Crippen molar-refractivity contribution in [2.75, 3.05) is 13.7 Å². The van der Waals surface area contributed by atoms with Crippen LogP contribution < -0.4 is 0 Å². The van der Waals surface area contributed by atoms with Crippen LogP contribution in [0.1, 0.15) is 107 Å². The van der Waals surface area contributed by atoms with E-state index in [-0.39, 0.29) is 39.4 Å². The van der Waals surface area contributed by atoms with Gasteiger partial charge in [0.2, 0.25) is 0 Å². The fourth-order valence-corrected chi connectivity index (χ4v) is 12.3. The average molecular weight is 583 g/mol. The van der Waals surface area contributed by atoms with Gasteiger partial charge in [0.05, 0.1) is 6.61 Å². The van der Waals surface area contributed by atoms with Gasteiger partial charge in [0.15, 0.2) is 5.79 Å². The maximum absolute atomic E-state index is 13.5. The number of allylic oxidation sites excluding steroid dienone is 3. The minimum Gasteiger partial charge on any atom is -0.481 e. The van der Waals surface area contributed by atoms with Crippen LogP contribution in [0.15, 0.2) is 23.3 Å². The van der Waals surface area contributed by atoms with Gasteiger partial charge in [-0.25, -0.2) is 4.79 Å². The Morgan fingerprint density at radius 1 is 1.02 bits per heavy atom. The van der Waals surface area contributed by atoms with Crippen LogP contribution in [0.2, 0.25) is 0 Å². The lowest BCUT2D eigenvalue weighted by atomic mass is 9.32. The number of carbonyl (C=O) groups is 2. The van der Waals surface area contributed by atoms with Crippen LogP contribution in [0.3, 0.4) is 0 Å². The summed E-state index contributed by atoms with van der Waals surface area (Å²) >= 11 is 0. The second kappa shape index (κ2) is 9.42. The monoisotopic (exact) mass is 582 g/mol. The molecule has 4 saturated carbocycles. The first kappa shape index (κ1) is 30.4. The summed E-state index contributed by atoms with van der Waals surface area (Å²) in [4.78, 5) is 26.4. The van der Waals surface area contributed by atoms with E-state index in [1.165, 1.54) is 11.6 Å². The van der Waals surface area contributed by atoms with Crippen LogP contribution in [0.5, 0.6) is 0 Å². The molecule has 2 saturated heterocycles. The molecule has 2 aliphatic heterocycles. The summed E-state index contributed by atoms with van der Waals surface area (Å²) in [6.45, 7) is 18.7. The molecule has 6 fully saturated rings. The Morgan fingerprint density at radius 3 is 2.33 bits per heavy atom. The minimum atomic E-state index is -1.10. The van der Waals surface area contributed by atoms with E-state index >= 15 is 0 Å².